The Morgan fingerprint density at radius 3 is 2.62 bits per heavy atom. The van der Waals surface area contributed by atoms with Crippen LogP contribution < -0.4 is 5.32 Å². The van der Waals surface area contributed by atoms with Gasteiger partial charge in [-0.15, -0.1) is 0 Å². The highest BCUT2D eigenvalue weighted by molar-refractivity contribution is 6.05. The molecule has 0 aliphatic heterocycles. The molecule has 0 fully saturated rings. The summed E-state index contributed by atoms with van der Waals surface area (Å²) in [5.74, 6) is -1.50. The molecule has 1 amide bonds. The van der Waals surface area contributed by atoms with Crippen LogP contribution in [0.5, 0.6) is 0 Å². The van der Waals surface area contributed by atoms with E-state index >= 15 is 0 Å². The molecule has 1 unspecified atom stereocenters. The average molecular weight is 436 g/mol. The number of rotatable bonds is 6. The number of ether oxygens (including phenoxy) is 1. The fourth-order valence-electron chi connectivity index (χ4n) is 3.19. The molecule has 0 saturated carbocycles. The molecule has 0 aliphatic carbocycles. The van der Waals surface area contributed by atoms with Crippen molar-refractivity contribution in [2.75, 3.05) is 5.32 Å². The predicted octanol–water partition coefficient (Wildman–Crippen LogP) is 4.60. The Bertz CT molecular complexity index is 1280. The van der Waals surface area contributed by atoms with Crippen molar-refractivity contribution in [1.29, 1.82) is 0 Å². The molecule has 9 heteroatoms. The van der Waals surface area contributed by atoms with Crippen LogP contribution >= 0.6 is 0 Å². The molecule has 0 radical (unpaired) electrons. The molecule has 3 heterocycles. The summed E-state index contributed by atoms with van der Waals surface area (Å²) >= 11 is 0. The molecule has 4 aromatic rings. The van der Waals surface area contributed by atoms with E-state index in [1.54, 1.807) is 22.9 Å². The molecular weight excluding hydrogens is 415 g/mol. The number of aromatic nitrogens is 3. The first kappa shape index (κ1) is 21.2. The summed E-state index contributed by atoms with van der Waals surface area (Å²) in [6, 6.07) is 10.7. The zero-order chi connectivity index (χ0) is 22.8. The minimum Gasteiger partial charge on any atom is -0.463 e. The fraction of sp³-hybridized carbons (Fsp3) is 0.217. The highest BCUT2D eigenvalue weighted by atomic mass is 19.1. The number of nitrogens with one attached hydrogen (secondary N) is 1. The van der Waals surface area contributed by atoms with Gasteiger partial charge >= 0.3 is 5.97 Å². The van der Waals surface area contributed by atoms with Crippen molar-refractivity contribution in [3.63, 3.8) is 0 Å². The number of amides is 1. The molecule has 0 saturated heterocycles. The number of carbonyl (C=O) groups is 2. The Morgan fingerprint density at radius 2 is 1.94 bits per heavy atom. The lowest BCUT2D eigenvalue weighted by Crippen LogP contribution is -2.30. The lowest BCUT2D eigenvalue weighted by Gasteiger charge is -2.15. The van der Waals surface area contributed by atoms with Crippen molar-refractivity contribution in [3.05, 3.63) is 66.3 Å². The van der Waals surface area contributed by atoms with E-state index in [0.717, 1.165) is 0 Å². The van der Waals surface area contributed by atoms with Gasteiger partial charge in [-0.2, -0.15) is 5.10 Å². The molecule has 8 nitrogen and oxygen atoms in total. The largest absolute Gasteiger partial charge is 0.463 e. The third-order valence-corrected chi connectivity index (χ3v) is 4.83. The fourth-order valence-corrected chi connectivity index (χ4v) is 3.19. The number of carbonyl (C=O) groups excluding carboxylic acids is 2. The first-order valence-corrected chi connectivity index (χ1v) is 10.0. The predicted molar refractivity (Wildman–Crippen MR) is 116 cm³/mol. The molecule has 1 atom stereocenters. The molecule has 1 N–H and O–H groups in total. The molecule has 0 bridgehead atoms. The molecule has 164 valence electrons. The van der Waals surface area contributed by atoms with E-state index in [4.69, 9.17) is 9.15 Å². The van der Waals surface area contributed by atoms with Gasteiger partial charge in [0.1, 0.15) is 11.5 Å². The van der Waals surface area contributed by atoms with Gasteiger partial charge in [0.15, 0.2) is 17.5 Å². The maximum Gasteiger partial charge on any atom is 0.339 e. The summed E-state index contributed by atoms with van der Waals surface area (Å²) in [6.07, 6.45) is 1.88. The quantitative estimate of drug-likeness (QED) is 0.444. The number of para-hydroxylation sites is 1. The van der Waals surface area contributed by atoms with Crippen molar-refractivity contribution >= 4 is 28.6 Å². The van der Waals surface area contributed by atoms with Gasteiger partial charge in [0, 0.05) is 6.04 Å². The van der Waals surface area contributed by atoms with Gasteiger partial charge in [-0.1, -0.05) is 12.1 Å². The molecule has 32 heavy (non-hydrogen) atoms. The second kappa shape index (κ2) is 8.62. The Labute approximate surface area is 183 Å². The minimum atomic E-state index is -1.17. The highest BCUT2D eigenvalue weighted by Gasteiger charge is 2.24. The summed E-state index contributed by atoms with van der Waals surface area (Å²) in [5, 5.41) is 7.24. The number of hydrogen-bond donors (Lipinski definition) is 1. The van der Waals surface area contributed by atoms with Crippen LogP contribution in [0, 0.1) is 5.82 Å². The van der Waals surface area contributed by atoms with Crippen LogP contribution in [0.4, 0.5) is 10.1 Å². The Kier molecular flexibility index (Phi) is 5.72. The van der Waals surface area contributed by atoms with Crippen LogP contribution in [0.2, 0.25) is 0 Å². The molecule has 0 aliphatic rings. The number of hydrogen-bond acceptors (Lipinski definition) is 6. The standard InChI is InChI=1S/C23H21FN4O4/c1-13(2)28-21-16(12-25-28)15(11-19(26-21)20-9-6-10-31-20)23(30)32-14(3)22(29)27-18-8-5-4-7-17(18)24/h4-14H,1-3H3,(H,27,29). The van der Waals surface area contributed by atoms with Gasteiger partial charge in [-0.3, -0.25) is 4.79 Å². The molecule has 0 spiro atoms. The third kappa shape index (κ3) is 4.09. The summed E-state index contributed by atoms with van der Waals surface area (Å²) < 4.78 is 26.3. The number of halogens is 1. The van der Waals surface area contributed by atoms with Crippen LogP contribution in [-0.2, 0) is 9.53 Å². The van der Waals surface area contributed by atoms with Crippen molar-refractivity contribution in [1.82, 2.24) is 14.8 Å². The number of pyridine rings is 1. The van der Waals surface area contributed by atoms with E-state index in [1.165, 1.54) is 43.6 Å². The van der Waals surface area contributed by atoms with Crippen molar-refractivity contribution in [3.8, 4) is 11.5 Å². The van der Waals surface area contributed by atoms with Gasteiger partial charge in [-0.25, -0.2) is 18.9 Å². The number of furan rings is 1. The number of fused-ring (bicyclic) bond motifs is 1. The molecular formula is C23H21FN4O4. The topological polar surface area (TPSA) is 99.2 Å². The molecule has 4 rings (SSSR count). The van der Waals surface area contributed by atoms with E-state index in [0.29, 0.717) is 22.5 Å². The summed E-state index contributed by atoms with van der Waals surface area (Å²) in [6.45, 7) is 5.30. The van der Waals surface area contributed by atoms with Crippen LogP contribution in [0.3, 0.4) is 0 Å². The Balaban J connectivity index is 1.64. The summed E-state index contributed by atoms with van der Waals surface area (Å²) in [4.78, 5) is 30.1. The zero-order valence-corrected chi connectivity index (χ0v) is 17.7. The number of anilines is 1. The van der Waals surface area contributed by atoms with E-state index < -0.39 is 23.8 Å². The van der Waals surface area contributed by atoms with Crippen LogP contribution in [0.15, 0.2) is 59.3 Å². The lowest BCUT2D eigenvalue weighted by atomic mass is 10.1. The highest BCUT2D eigenvalue weighted by Crippen LogP contribution is 2.27. The first-order valence-electron chi connectivity index (χ1n) is 10.0. The second-order valence-electron chi connectivity index (χ2n) is 7.47. The van der Waals surface area contributed by atoms with Gasteiger partial charge in [0.05, 0.1) is 29.1 Å². The lowest BCUT2D eigenvalue weighted by molar-refractivity contribution is -0.123. The monoisotopic (exact) mass is 436 g/mol. The van der Waals surface area contributed by atoms with Gasteiger partial charge < -0.3 is 14.5 Å². The summed E-state index contributed by atoms with van der Waals surface area (Å²) in [5.41, 5.74) is 1.12. The van der Waals surface area contributed by atoms with Crippen molar-refractivity contribution < 1.29 is 23.1 Å². The molecule has 3 aromatic heterocycles. The normalized spacial score (nSPS) is 12.2. The van der Waals surface area contributed by atoms with E-state index in [2.05, 4.69) is 15.4 Å². The second-order valence-corrected chi connectivity index (χ2v) is 7.47. The van der Waals surface area contributed by atoms with E-state index in [9.17, 15) is 14.0 Å². The molecule has 1 aromatic carbocycles. The number of nitrogens with zero attached hydrogens (tertiary/aromatic N) is 3. The van der Waals surface area contributed by atoms with Crippen LogP contribution in [0.1, 0.15) is 37.2 Å². The average Bonchev–Trinajstić information content (AvgIpc) is 3.44. The van der Waals surface area contributed by atoms with Gasteiger partial charge in [0.2, 0.25) is 0 Å². The third-order valence-electron chi connectivity index (χ3n) is 4.83. The van der Waals surface area contributed by atoms with Crippen molar-refractivity contribution in [2.45, 2.75) is 32.9 Å². The van der Waals surface area contributed by atoms with E-state index in [1.807, 2.05) is 13.8 Å². The van der Waals surface area contributed by atoms with Gasteiger partial charge in [0.25, 0.3) is 5.91 Å². The Hall–Kier alpha value is -4.01. The van der Waals surface area contributed by atoms with Crippen LogP contribution in [0.25, 0.3) is 22.5 Å². The maximum atomic E-state index is 13.8. The SMILES string of the molecule is CC(OC(=O)c1cc(-c2ccco2)nc2c1cnn2C(C)C)C(=O)Nc1ccccc1F. The van der Waals surface area contributed by atoms with Crippen molar-refractivity contribution in [2.24, 2.45) is 0 Å². The first-order chi connectivity index (χ1) is 15.3. The van der Waals surface area contributed by atoms with Crippen LogP contribution in [-0.4, -0.2) is 32.7 Å². The number of benzene rings is 1. The maximum absolute atomic E-state index is 13.8. The van der Waals surface area contributed by atoms with Gasteiger partial charge in [-0.05, 0) is 51.1 Å². The zero-order valence-electron chi connectivity index (χ0n) is 17.7. The van der Waals surface area contributed by atoms with E-state index in [-0.39, 0.29) is 17.3 Å². The minimum absolute atomic E-state index is 0.00110. The smallest absolute Gasteiger partial charge is 0.339 e. The number of esters is 1. The summed E-state index contributed by atoms with van der Waals surface area (Å²) in [7, 11) is 0. The Morgan fingerprint density at radius 1 is 1.16 bits per heavy atom.